The summed E-state index contributed by atoms with van der Waals surface area (Å²) in [5.41, 5.74) is -2.73. The maximum absolute atomic E-state index is 15.0. The maximum Gasteiger partial charge on any atom is 0.261 e. The van der Waals surface area contributed by atoms with Crippen molar-refractivity contribution in [3.8, 4) is 0 Å². The normalized spacial score (nSPS) is 25.2. The van der Waals surface area contributed by atoms with Gasteiger partial charge < -0.3 is 0 Å². The summed E-state index contributed by atoms with van der Waals surface area (Å²) in [4.78, 5) is 183. The highest BCUT2D eigenvalue weighted by Crippen LogP contribution is 2.46. The molecule has 6 atom stereocenters. The summed E-state index contributed by atoms with van der Waals surface area (Å²) in [6.45, 7) is 0. The summed E-state index contributed by atoms with van der Waals surface area (Å²) in [5, 5.41) is -0.0824. The van der Waals surface area contributed by atoms with Crippen LogP contribution >= 0.6 is 0 Å². The van der Waals surface area contributed by atoms with Gasteiger partial charge >= 0.3 is 0 Å². The molecule has 0 N–H and O–H groups in total. The van der Waals surface area contributed by atoms with Crippen molar-refractivity contribution in [2.24, 2.45) is 0 Å². The lowest BCUT2D eigenvalue weighted by atomic mass is 9.80. The average Bonchev–Trinajstić information content (AvgIpc) is 3.89. The summed E-state index contributed by atoms with van der Waals surface area (Å²) >= 11 is 0. The van der Waals surface area contributed by atoms with E-state index in [4.69, 9.17) is 0 Å². The van der Waals surface area contributed by atoms with Crippen LogP contribution in [0.25, 0.3) is 43.1 Å². The minimum Gasteiger partial charge on any atom is -0.269 e. The summed E-state index contributed by atoms with van der Waals surface area (Å²) in [7, 11) is 0. The topological polar surface area (TPSA) is 228 Å². The predicted molar refractivity (Wildman–Crippen MR) is 263 cm³/mol. The third kappa shape index (κ3) is 5.09. The smallest absolute Gasteiger partial charge is 0.261 e. The highest BCUT2D eigenvalue weighted by atomic mass is 16.2. The molecule has 7 aromatic rings. The average molecular weight is 989 g/mol. The summed E-state index contributed by atoms with van der Waals surface area (Å²) in [6, 6.07) is 7.97. The molecule has 8 amide bonds. The minimum atomic E-state index is -1.00. The van der Waals surface area contributed by atoms with Crippen molar-refractivity contribution in [1.29, 1.82) is 0 Å². The van der Waals surface area contributed by atoms with E-state index >= 15 is 0 Å². The van der Waals surface area contributed by atoms with Crippen molar-refractivity contribution in [2.45, 2.75) is 113 Å². The first-order valence-electron chi connectivity index (χ1n) is 25.4. The third-order valence-electron chi connectivity index (χ3n) is 17.9. The highest BCUT2D eigenvalue weighted by molar-refractivity contribution is 6.35. The Kier molecular flexibility index (Phi) is 8.48. The van der Waals surface area contributed by atoms with Crippen molar-refractivity contribution in [2.75, 3.05) is 0 Å². The maximum atomic E-state index is 15.0. The van der Waals surface area contributed by atoms with Crippen LogP contribution in [-0.4, -0.2) is 100 Å². The van der Waals surface area contributed by atoms with Gasteiger partial charge in [-0.25, -0.2) is 0 Å². The van der Waals surface area contributed by atoms with E-state index in [0.717, 1.165) is 28.7 Å². The number of amides is 8. The first-order chi connectivity index (χ1) is 35.8. The van der Waals surface area contributed by atoms with Gasteiger partial charge in [-0.1, -0.05) is 38.5 Å². The lowest BCUT2D eigenvalue weighted by molar-refractivity contribution is 0.0241. The van der Waals surface area contributed by atoms with Crippen molar-refractivity contribution < 1.29 is 38.4 Å². The zero-order valence-corrected chi connectivity index (χ0v) is 39.3. The Morgan fingerprint density at radius 3 is 0.635 bits per heavy atom. The van der Waals surface area contributed by atoms with Crippen LogP contribution in [0, 0.1) is 0 Å². The van der Waals surface area contributed by atoms with Gasteiger partial charge in [-0.3, -0.25) is 86.3 Å². The number of aromatic nitrogens is 2. The molecule has 3 fully saturated rings. The second-order valence-electron chi connectivity index (χ2n) is 21.2. The number of hydrogen-bond acceptors (Lipinski definition) is 12. The zero-order chi connectivity index (χ0) is 50.7. The largest absolute Gasteiger partial charge is 0.269 e. The van der Waals surface area contributed by atoms with E-state index in [1.165, 1.54) is 60.7 Å². The van der Waals surface area contributed by atoms with Crippen molar-refractivity contribution in [1.82, 2.24) is 28.7 Å². The van der Waals surface area contributed by atoms with E-state index in [1.807, 2.05) is 0 Å². The molecule has 23 aliphatic rings. The SMILES string of the molecule is O=C1c2ccc3c4c5ccc(c24)C(=O)N1C1CCCC[C@H]1N1C(=O)c2ccc4c6c(ccc(c26)C1=O)C(=O)N(C4=O)[C@@H]1CCCC[C@H]1n1c(=O)c2cc4c(=O)n(c(=O)c4cc2c1=O)[C@@H]1CCCC[C@H]1N(C3=O)C5=O. The fourth-order valence-corrected chi connectivity index (χ4v) is 14.7. The molecule has 5 aromatic carbocycles. The summed E-state index contributed by atoms with van der Waals surface area (Å²) in [6.07, 6.45) is 4.70. The lowest BCUT2D eigenvalue weighted by Gasteiger charge is -2.46. The number of nitrogens with zero attached hydrogens (tertiary/aromatic N) is 6. The Balaban J connectivity index is 0.960. The molecule has 74 heavy (non-hydrogen) atoms. The Morgan fingerprint density at radius 2 is 0.432 bits per heavy atom. The zero-order valence-electron chi connectivity index (χ0n) is 39.3. The molecule has 30 rings (SSSR count). The molecule has 18 nitrogen and oxygen atoms in total. The van der Waals surface area contributed by atoms with Crippen LogP contribution in [0.5, 0.6) is 0 Å². The van der Waals surface area contributed by atoms with Gasteiger partial charge in [0, 0.05) is 66.1 Å². The standard InChI is InChI=1S/C56H40N6O12/c63-45-23-13-17-27-43-28-18-14-24(41(23)43)46(64)57(45)35-7-1-2-8-36(35)58-47(65)25-15-19-29-44-30(20-16-26(42(25)44)48(58)66)52(70)60(51(29)69)38-10-4-6-12-40(38)62-55(73)33-21-31-32(22-34(33)56(62)74)54(72)61(53(31)71)39-11-5-3-9-37(39)59(49(27)67)50(28)68/h13-22,35-40H,1-12H2/t35-,36?,37-,38-,39-,40-/m1/s1. The van der Waals surface area contributed by atoms with Gasteiger partial charge in [-0.2, -0.15) is 0 Å². The fraction of sp³-hybridized carbons (Fsp3) is 0.321. The van der Waals surface area contributed by atoms with Crippen LogP contribution in [-0.2, 0) is 0 Å². The van der Waals surface area contributed by atoms with Crippen LogP contribution in [0.2, 0.25) is 0 Å². The molecular weight excluding hydrogens is 949 g/mol. The van der Waals surface area contributed by atoms with E-state index in [2.05, 4.69) is 0 Å². The Hall–Kier alpha value is -8.54. The number of benzene rings is 5. The van der Waals surface area contributed by atoms with Crippen molar-refractivity contribution in [3.63, 3.8) is 0 Å². The molecular formula is C56H40N6O12. The van der Waals surface area contributed by atoms with E-state index < -0.39 is 106 Å². The Labute approximate surface area is 416 Å². The van der Waals surface area contributed by atoms with Gasteiger partial charge in [0.15, 0.2) is 0 Å². The van der Waals surface area contributed by atoms with Crippen LogP contribution in [0.3, 0.4) is 0 Å². The van der Waals surface area contributed by atoms with Gasteiger partial charge in [0.25, 0.3) is 69.5 Å². The number of hydrogen-bond donors (Lipinski definition) is 0. The number of rotatable bonds is 0. The second-order valence-corrected chi connectivity index (χ2v) is 21.2. The molecule has 20 aliphatic heterocycles. The summed E-state index contributed by atoms with van der Waals surface area (Å²) in [5.74, 6) is -5.87. The van der Waals surface area contributed by atoms with Crippen molar-refractivity contribution in [3.05, 3.63) is 147 Å². The number of carbonyl (C=O) groups is 8. The van der Waals surface area contributed by atoms with E-state index in [1.54, 1.807) is 0 Å². The first-order valence-corrected chi connectivity index (χ1v) is 25.4. The first kappa shape index (κ1) is 43.1. The molecule has 3 saturated carbocycles. The third-order valence-corrected chi connectivity index (χ3v) is 17.9. The molecule has 0 spiro atoms. The molecule has 18 heteroatoms. The molecule has 22 heterocycles. The highest BCUT2D eigenvalue weighted by Gasteiger charge is 2.52. The van der Waals surface area contributed by atoms with Crippen LogP contribution in [0.1, 0.15) is 172 Å². The Morgan fingerprint density at radius 1 is 0.257 bits per heavy atom. The molecule has 22 bridgehead atoms. The van der Waals surface area contributed by atoms with Crippen LogP contribution in [0.4, 0.5) is 0 Å². The Bertz CT molecular complexity index is 3750. The quantitative estimate of drug-likeness (QED) is 0.177. The van der Waals surface area contributed by atoms with E-state index in [0.29, 0.717) is 38.5 Å². The molecule has 2 aromatic heterocycles. The van der Waals surface area contributed by atoms with Gasteiger partial charge in [0.2, 0.25) is 0 Å². The molecule has 0 saturated heterocycles. The van der Waals surface area contributed by atoms with E-state index in [-0.39, 0.29) is 126 Å². The summed E-state index contributed by atoms with van der Waals surface area (Å²) < 4.78 is 2.06. The fourth-order valence-electron chi connectivity index (χ4n) is 14.7. The van der Waals surface area contributed by atoms with Gasteiger partial charge in [0.1, 0.15) is 0 Å². The van der Waals surface area contributed by atoms with Crippen LogP contribution in [0.15, 0.2) is 79.8 Å². The van der Waals surface area contributed by atoms with Crippen LogP contribution < -0.4 is 22.2 Å². The van der Waals surface area contributed by atoms with Gasteiger partial charge in [-0.05, 0) is 99.2 Å². The van der Waals surface area contributed by atoms with Crippen molar-refractivity contribution >= 4 is 90.3 Å². The molecule has 0 radical (unpaired) electrons. The van der Waals surface area contributed by atoms with Gasteiger partial charge in [-0.15, -0.1) is 0 Å². The molecule has 3 aliphatic carbocycles. The molecule has 366 valence electrons. The number of imide groups is 4. The second kappa shape index (κ2) is 14.6. The molecule has 1 unspecified atom stereocenters. The van der Waals surface area contributed by atoms with E-state index in [9.17, 15) is 57.5 Å². The monoisotopic (exact) mass is 988 g/mol. The number of carbonyl (C=O) groups excluding carboxylic acids is 8. The minimum absolute atomic E-state index is 0.0396. The lowest BCUT2D eigenvalue weighted by Crippen LogP contribution is -2.61. The van der Waals surface area contributed by atoms with Gasteiger partial charge in [0.05, 0.1) is 57.8 Å². The predicted octanol–water partition coefficient (Wildman–Crippen LogP) is 5.30.